The summed E-state index contributed by atoms with van der Waals surface area (Å²) in [6, 6.07) is 1.33. The molecule has 5 rings (SSSR count). The zero-order chi connectivity index (χ0) is 23.6. The van der Waals surface area contributed by atoms with Crippen molar-refractivity contribution >= 4 is 11.8 Å². The molecular formula is C21H22O11. The number of aliphatic hydroxyl groups is 3. The van der Waals surface area contributed by atoms with E-state index >= 15 is 0 Å². The van der Waals surface area contributed by atoms with E-state index in [0.717, 1.165) is 7.11 Å². The smallest absolute Gasteiger partial charge is 0.341 e. The lowest BCUT2D eigenvalue weighted by Gasteiger charge is -2.49. The van der Waals surface area contributed by atoms with Crippen LogP contribution < -0.4 is 14.2 Å². The number of ketones is 1. The summed E-state index contributed by atoms with van der Waals surface area (Å²) in [4.78, 5) is 25.6. The van der Waals surface area contributed by atoms with Gasteiger partial charge < -0.3 is 43.4 Å². The van der Waals surface area contributed by atoms with Crippen LogP contribution in [0.3, 0.4) is 0 Å². The minimum atomic E-state index is -2.64. The number of cyclic esters (lactones) is 1. The van der Waals surface area contributed by atoms with Crippen molar-refractivity contribution in [2.24, 2.45) is 0 Å². The van der Waals surface area contributed by atoms with Gasteiger partial charge in [0.05, 0.1) is 30.1 Å². The average Bonchev–Trinajstić information content (AvgIpc) is 3.23. The van der Waals surface area contributed by atoms with Crippen molar-refractivity contribution in [2.75, 3.05) is 21.3 Å². The normalized spacial score (nSPS) is 29.2. The Morgan fingerprint density at radius 1 is 1.06 bits per heavy atom. The lowest BCUT2D eigenvalue weighted by molar-refractivity contribution is -0.328. The van der Waals surface area contributed by atoms with Gasteiger partial charge in [-0.15, -0.1) is 0 Å². The number of furan rings is 1. The van der Waals surface area contributed by atoms with Crippen LogP contribution in [0.5, 0.6) is 17.2 Å². The van der Waals surface area contributed by atoms with Gasteiger partial charge in [-0.3, -0.25) is 4.79 Å². The third kappa shape index (κ3) is 2.56. The van der Waals surface area contributed by atoms with Crippen molar-refractivity contribution in [3.8, 4) is 17.2 Å². The first-order valence-electron chi connectivity index (χ1n) is 9.52. The molecule has 11 nitrogen and oxygen atoms in total. The molecule has 0 amide bonds. The molecule has 172 valence electrons. The molecule has 32 heavy (non-hydrogen) atoms. The van der Waals surface area contributed by atoms with Gasteiger partial charge in [0.2, 0.25) is 17.3 Å². The maximum Gasteiger partial charge on any atom is 0.341 e. The fourth-order valence-electron chi connectivity index (χ4n) is 4.32. The molecule has 3 N–H and O–H groups in total. The molecule has 0 radical (unpaired) electrons. The highest BCUT2D eigenvalue weighted by atomic mass is 16.8. The average molecular weight is 450 g/mol. The first kappa shape index (κ1) is 22.1. The molecule has 3 heterocycles. The van der Waals surface area contributed by atoms with E-state index in [2.05, 4.69) is 0 Å². The number of methoxy groups -OCH3 is 2. The van der Waals surface area contributed by atoms with Gasteiger partial charge in [0.1, 0.15) is 5.76 Å². The minimum absolute atomic E-state index is 0.0452. The number of aliphatic hydroxyl groups excluding tert-OH is 1. The van der Waals surface area contributed by atoms with Gasteiger partial charge >= 0.3 is 11.8 Å². The van der Waals surface area contributed by atoms with Crippen LogP contribution >= 0.6 is 0 Å². The second-order valence-corrected chi connectivity index (χ2v) is 7.54. The number of rotatable bonds is 2. The molecule has 0 fully saturated rings. The number of hydrogen-bond donors (Lipinski definition) is 3. The third-order valence-corrected chi connectivity index (χ3v) is 5.77. The van der Waals surface area contributed by atoms with Crippen molar-refractivity contribution in [1.29, 1.82) is 0 Å². The Morgan fingerprint density at radius 3 is 2.38 bits per heavy atom. The quantitative estimate of drug-likeness (QED) is 0.556. The summed E-state index contributed by atoms with van der Waals surface area (Å²) in [6.07, 6.45) is 1.31. The number of carbonyl (C=O) groups is 2. The molecule has 0 spiro atoms. The molecule has 11 heteroatoms. The standard InChI is InChI=1S/C20H18O10.CH4O/c1-8-12-9(7-27-8)6-19(26-4)20(24,16(12)21)29-15-13-10(17(22)30-18(13,2)23)5-11(25-3)14(15)28-19;1-2/h5,7,23-24H,6H2,1-4H3;2H,1H3/t18-,19+,20+;/m0./s1. The first-order chi connectivity index (χ1) is 15.1. The van der Waals surface area contributed by atoms with Crippen LogP contribution in [0.1, 0.15) is 44.5 Å². The Labute approximate surface area is 182 Å². The Hall–Kier alpha value is -3.12. The number of carbonyl (C=O) groups excluding carboxylic acids is 2. The maximum absolute atomic E-state index is 13.3. The summed E-state index contributed by atoms with van der Waals surface area (Å²) in [5.41, 5.74) is 0.484. The Bertz CT molecular complexity index is 1130. The topological polar surface area (TPSA) is 154 Å². The van der Waals surface area contributed by atoms with Crippen LogP contribution in [0, 0.1) is 6.92 Å². The predicted octanol–water partition coefficient (Wildman–Crippen LogP) is 0.782. The van der Waals surface area contributed by atoms with Crippen LogP contribution in [0.25, 0.3) is 0 Å². The van der Waals surface area contributed by atoms with E-state index in [4.69, 9.17) is 33.2 Å². The van der Waals surface area contributed by atoms with Crippen molar-refractivity contribution in [1.82, 2.24) is 0 Å². The van der Waals surface area contributed by atoms with Crippen LogP contribution in [-0.2, 0) is 21.7 Å². The molecule has 1 aromatic heterocycles. The fraction of sp³-hybridized carbons (Fsp3) is 0.429. The second-order valence-electron chi connectivity index (χ2n) is 7.54. The molecule has 3 aliphatic rings. The second kappa shape index (κ2) is 6.94. The zero-order valence-electron chi connectivity index (χ0n) is 18.0. The number of aryl methyl sites for hydroxylation is 1. The zero-order valence-corrected chi connectivity index (χ0v) is 18.0. The minimum Gasteiger partial charge on any atom is -0.493 e. The van der Waals surface area contributed by atoms with Gasteiger partial charge in [0.15, 0.2) is 11.5 Å². The Morgan fingerprint density at radius 2 is 1.75 bits per heavy atom. The lowest BCUT2D eigenvalue weighted by atomic mass is 9.81. The number of fused-ring (bicyclic) bond motifs is 5. The third-order valence-electron chi connectivity index (χ3n) is 5.77. The predicted molar refractivity (Wildman–Crippen MR) is 104 cm³/mol. The van der Waals surface area contributed by atoms with Crippen LogP contribution in [0.4, 0.5) is 0 Å². The molecule has 2 aromatic rings. The van der Waals surface area contributed by atoms with Crippen molar-refractivity contribution in [3.63, 3.8) is 0 Å². The summed E-state index contributed by atoms with van der Waals surface area (Å²) in [7, 11) is 3.60. The lowest BCUT2D eigenvalue weighted by Crippen LogP contribution is -2.71. The van der Waals surface area contributed by atoms with E-state index in [1.54, 1.807) is 6.92 Å². The van der Waals surface area contributed by atoms with E-state index < -0.39 is 29.1 Å². The van der Waals surface area contributed by atoms with Gasteiger partial charge in [-0.25, -0.2) is 4.79 Å². The maximum atomic E-state index is 13.3. The summed E-state index contributed by atoms with van der Waals surface area (Å²) < 4.78 is 33.0. The van der Waals surface area contributed by atoms with Crippen molar-refractivity contribution in [2.45, 2.75) is 37.6 Å². The molecule has 2 aliphatic heterocycles. The van der Waals surface area contributed by atoms with Crippen LogP contribution in [0.2, 0.25) is 0 Å². The first-order valence-corrected chi connectivity index (χ1v) is 9.52. The van der Waals surface area contributed by atoms with Gasteiger partial charge in [0.25, 0.3) is 5.79 Å². The monoisotopic (exact) mass is 450 g/mol. The Kier molecular flexibility index (Phi) is 4.79. The van der Waals surface area contributed by atoms with Gasteiger partial charge in [-0.2, -0.15) is 0 Å². The van der Waals surface area contributed by atoms with E-state index in [0.29, 0.717) is 11.3 Å². The molecule has 0 unspecified atom stereocenters. The number of Topliss-reactive ketones (excluding diaryl/α,β-unsaturated/α-hetero) is 1. The molecule has 0 bridgehead atoms. The number of ether oxygens (including phenoxy) is 5. The highest BCUT2D eigenvalue weighted by Gasteiger charge is 2.69. The summed E-state index contributed by atoms with van der Waals surface area (Å²) in [5, 5.41) is 29.1. The van der Waals surface area contributed by atoms with E-state index in [1.807, 2.05) is 0 Å². The highest BCUT2D eigenvalue weighted by Crippen LogP contribution is 2.57. The highest BCUT2D eigenvalue weighted by molar-refractivity contribution is 6.06. The van der Waals surface area contributed by atoms with Crippen molar-refractivity contribution < 1.29 is 53.0 Å². The molecule has 0 saturated carbocycles. The molecular weight excluding hydrogens is 428 g/mol. The summed E-state index contributed by atoms with van der Waals surface area (Å²) in [6.45, 7) is 2.81. The number of benzene rings is 1. The molecule has 3 atom stereocenters. The Balaban J connectivity index is 0.00000119. The van der Waals surface area contributed by atoms with Gasteiger partial charge in [0, 0.05) is 33.1 Å². The molecule has 1 aliphatic carbocycles. The SMILES string of the molecule is CO.COc1cc2c(c3c1O[C@]1(OC)Cc4coc(C)c4C(=O)[C@@]1(O)O3)[C@@](C)(O)OC2=O. The van der Waals surface area contributed by atoms with Crippen LogP contribution in [-0.4, -0.2) is 60.0 Å². The summed E-state index contributed by atoms with van der Waals surface area (Å²) in [5.74, 6) is -8.31. The summed E-state index contributed by atoms with van der Waals surface area (Å²) >= 11 is 0. The number of esters is 1. The van der Waals surface area contributed by atoms with E-state index in [9.17, 15) is 19.8 Å². The molecule has 1 aromatic carbocycles. The van der Waals surface area contributed by atoms with Gasteiger partial charge in [-0.1, -0.05) is 0 Å². The fourth-order valence-corrected chi connectivity index (χ4v) is 4.32. The van der Waals surface area contributed by atoms with Crippen molar-refractivity contribution in [3.05, 3.63) is 40.3 Å². The van der Waals surface area contributed by atoms with Gasteiger partial charge in [-0.05, 0) is 13.0 Å². The van der Waals surface area contributed by atoms with E-state index in [-0.39, 0.29) is 40.4 Å². The van der Waals surface area contributed by atoms with Crippen LogP contribution in [0.15, 0.2) is 16.7 Å². The largest absolute Gasteiger partial charge is 0.493 e. The molecule has 0 saturated heterocycles. The van der Waals surface area contributed by atoms with E-state index in [1.165, 1.54) is 33.5 Å². The number of hydrogen-bond acceptors (Lipinski definition) is 11.